The number of nitrogens with one attached hydrogen (secondary N) is 1. The Bertz CT molecular complexity index is 118. The summed E-state index contributed by atoms with van der Waals surface area (Å²) in [7, 11) is 0. The fraction of sp³-hybridized carbons (Fsp3) is 0.875. The maximum atomic E-state index is 8.74. The van der Waals surface area contributed by atoms with Crippen LogP contribution in [0.1, 0.15) is 33.6 Å². The summed E-state index contributed by atoms with van der Waals surface area (Å²) in [6, 6.07) is 2.27. The fourth-order valence-electron chi connectivity index (χ4n) is 1.07. The van der Waals surface area contributed by atoms with Crippen LogP contribution in [0, 0.1) is 11.3 Å². The Labute approximate surface area is 63.2 Å². The molecule has 0 aliphatic heterocycles. The van der Waals surface area contributed by atoms with Crippen molar-refractivity contribution in [3.8, 4) is 6.07 Å². The summed E-state index contributed by atoms with van der Waals surface area (Å²) in [6.45, 7) is 6.92. The van der Waals surface area contributed by atoms with Crippen LogP contribution in [0.25, 0.3) is 0 Å². The first-order valence-electron chi connectivity index (χ1n) is 3.84. The van der Waals surface area contributed by atoms with Gasteiger partial charge >= 0.3 is 0 Å². The van der Waals surface area contributed by atoms with Crippen LogP contribution in [0.4, 0.5) is 0 Å². The molecule has 0 rings (SSSR count). The van der Waals surface area contributed by atoms with Gasteiger partial charge in [-0.05, 0) is 19.9 Å². The molecule has 1 unspecified atom stereocenters. The lowest BCUT2D eigenvalue weighted by molar-refractivity contribution is 0.425. The Hall–Kier alpha value is -0.550. The van der Waals surface area contributed by atoms with Gasteiger partial charge in [-0.1, -0.05) is 20.3 Å². The van der Waals surface area contributed by atoms with E-state index in [1.54, 1.807) is 0 Å². The highest BCUT2D eigenvalue weighted by molar-refractivity contribution is 5.02. The standard InChI is InChI=1S/C8H16N2/c1-4-6-8(3,7-9)10-5-2/h10H,4-6H2,1-3H3. The lowest BCUT2D eigenvalue weighted by atomic mass is 9.98. The zero-order valence-corrected chi connectivity index (χ0v) is 7.07. The minimum Gasteiger partial charge on any atom is -0.300 e. The molecule has 0 amide bonds. The van der Waals surface area contributed by atoms with Crippen LogP contribution in [0.3, 0.4) is 0 Å². The van der Waals surface area contributed by atoms with Gasteiger partial charge in [-0.2, -0.15) is 5.26 Å². The minimum atomic E-state index is -0.302. The summed E-state index contributed by atoms with van der Waals surface area (Å²) in [5.41, 5.74) is -0.302. The van der Waals surface area contributed by atoms with E-state index in [0.29, 0.717) is 0 Å². The summed E-state index contributed by atoms with van der Waals surface area (Å²) < 4.78 is 0. The van der Waals surface area contributed by atoms with Gasteiger partial charge in [0, 0.05) is 0 Å². The van der Waals surface area contributed by atoms with E-state index >= 15 is 0 Å². The highest BCUT2D eigenvalue weighted by atomic mass is 14.9. The normalized spacial score (nSPS) is 15.8. The molecule has 0 aromatic carbocycles. The molecule has 0 aromatic heterocycles. The van der Waals surface area contributed by atoms with Crippen LogP contribution < -0.4 is 5.32 Å². The Kier molecular flexibility index (Phi) is 4.06. The average molecular weight is 140 g/mol. The predicted molar refractivity (Wildman–Crippen MR) is 42.6 cm³/mol. The number of nitrogens with zero attached hydrogens (tertiary/aromatic N) is 1. The van der Waals surface area contributed by atoms with E-state index in [0.717, 1.165) is 19.4 Å². The van der Waals surface area contributed by atoms with Crippen LogP contribution in [0.15, 0.2) is 0 Å². The molecule has 0 aromatic rings. The fourth-order valence-corrected chi connectivity index (χ4v) is 1.07. The quantitative estimate of drug-likeness (QED) is 0.645. The first-order chi connectivity index (χ1) is 4.68. The van der Waals surface area contributed by atoms with Crippen molar-refractivity contribution in [1.82, 2.24) is 5.32 Å². The van der Waals surface area contributed by atoms with Gasteiger partial charge in [0.05, 0.1) is 6.07 Å². The molecule has 0 aliphatic rings. The number of hydrogen-bond acceptors (Lipinski definition) is 2. The van der Waals surface area contributed by atoms with Gasteiger partial charge in [0.2, 0.25) is 0 Å². The van der Waals surface area contributed by atoms with Gasteiger partial charge in [0.25, 0.3) is 0 Å². The zero-order valence-electron chi connectivity index (χ0n) is 7.07. The number of rotatable bonds is 4. The molecule has 0 saturated heterocycles. The molecule has 2 nitrogen and oxygen atoms in total. The van der Waals surface area contributed by atoms with Gasteiger partial charge in [-0.25, -0.2) is 0 Å². The van der Waals surface area contributed by atoms with E-state index < -0.39 is 0 Å². The number of nitriles is 1. The predicted octanol–water partition coefficient (Wildman–Crippen LogP) is 1.68. The van der Waals surface area contributed by atoms with E-state index in [4.69, 9.17) is 5.26 Å². The van der Waals surface area contributed by atoms with Crippen molar-refractivity contribution in [2.75, 3.05) is 6.54 Å². The van der Waals surface area contributed by atoms with Crippen LogP contribution in [0.5, 0.6) is 0 Å². The van der Waals surface area contributed by atoms with Crippen molar-refractivity contribution < 1.29 is 0 Å². The lowest BCUT2D eigenvalue weighted by Gasteiger charge is -2.21. The Morgan fingerprint density at radius 1 is 1.50 bits per heavy atom. The molecule has 0 heterocycles. The largest absolute Gasteiger partial charge is 0.300 e. The molecular formula is C8H16N2. The van der Waals surface area contributed by atoms with Crippen molar-refractivity contribution in [3.63, 3.8) is 0 Å². The molecule has 0 radical (unpaired) electrons. The second-order valence-corrected chi connectivity index (χ2v) is 2.72. The summed E-state index contributed by atoms with van der Waals surface area (Å²) in [5, 5.41) is 11.9. The van der Waals surface area contributed by atoms with Gasteiger partial charge in [-0.15, -0.1) is 0 Å². The maximum absolute atomic E-state index is 8.74. The second-order valence-electron chi connectivity index (χ2n) is 2.72. The topological polar surface area (TPSA) is 35.8 Å². The second kappa shape index (κ2) is 4.29. The average Bonchev–Trinajstić information content (AvgIpc) is 1.89. The molecule has 1 N–H and O–H groups in total. The Morgan fingerprint density at radius 3 is 2.40 bits per heavy atom. The van der Waals surface area contributed by atoms with Crippen molar-refractivity contribution >= 4 is 0 Å². The van der Waals surface area contributed by atoms with Gasteiger partial charge in [0.1, 0.15) is 5.54 Å². The van der Waals surface area contributed by atoms with Crippen molar-refractivity contribution in [2.45, 2.75) is 39.2 Å². The Balaban J connectivity index is 3.85. The first-order valence-corrected chi connectivity index (χ1v) is 3.84. The first kappa shape index (κ1) is 9.45. The summed E-state index contributed by atoms with van der Waals surface area (Å²) >= 11 is 0. The number of hydrogen-bond donors (Lipinski definition) is 1. The molecule has 2 heteroatoms. The van der Waals surface area contributed by atoms with E-state index in [9.17, 15) is 0 Å². The van der Waals surface area contributed by atoms with Gasteiger partial charge in [0.15, 0.2) is 0 Å². The molecular weight excluding hydrogens is 124 g/mol. The highest BCUT2D eigenvalue weighted by Gasteiger charge is 2.19. The minimum absolute atomic E-state index is 0.302. The molecule has 0 bridgehead atoms. The van der Waals surface area contributed by atoms with Crippen LogP contribution >= 0.6 is 0 Å². The third-order valence-corrected chi connectivity index (χ3v) is 1.56. The summed E-state index contributed by atoms with van der Waals surface area (Å²) in [5.74, 6) is 0. The van der Waals surface area contributed by atoms with E-state index in [2.05, 4.69) is 18.3 Å². The smallest absolute Gasteiger partial charge is 0.103 e. The molecule has 0 fully saturated rings. The summed E-state index contributed by atoms with van der Waals surface area (Å²) in [4.78, 5) is 0. The maximum Gasteiger partial charge on any atom is 0.103 e. The Morgan fingerprint density at radius 2 is 2.10 bits per heavy atom. The van der Waals surface area contributed by atoms with Gasteiger partial charge < -0.3 is 0 Å². The highest BCUT2D eigenvalue weighted by Crippen LogP contribution is 2.09. The molecule has 58 valence electrons. The molecule has 10 heavy (non-hydrogen) atoms. The van der Waals surface area contributed by atoms with E-state index in [-0.39, 0.29) is 5.54 Å². The third-order valence-electron chi connectivity index (χ3n) is 1.56. The SMILES string of the molecule is CCCC(C)(C#N)NCC. The van der Waals surface area contributed by atoms with Crippen LogP contribution in [-0.4, -0.2) is 12.1 Å². The zero-order chi connectivity index (χ0) is 8.04. The van der Waals surface area contributed by atoms with Gasteiger partial charge in [-0.3, -0.25) is 5.32 Å². The summed E-state index contributed by atoms with van der Waals surface area (Å²) in [6.07, 6.45) is 1.98. The monoisotopic (exact) mass is 140 g/mol. The van der Waals surface area contributed by atoms with E-state index in [1.807, 2.05) is 13.8 Å². The van der Waals surface area contributed by atoms with Crippen LogP contribution in [-0.2, 0) is 0 Å². The molecule has 0 aliphatic carbocycles. The third kappa shape index (κ3) is 2.84. The van der Waals surface area contributed by atoms with Crippen LogP contribution in [0.2, 0.25) is 0 Å². The molecule has 0 spiro atoms. The van der Waals surface area contributed by atoms with Crippen molar-refractivity contribution in [1.29, 1.82) is 5.26 Å². The van der Waals surface area contributed by atoms with Crippen molar-refractivity contribution in [3.05, 3.63) is 0 Å². The van der Waals surface area contributed by atoms with Crippen molar-refractivity contribution in [2.24, 2.45) is 0 Å². The lowest BCUT2D eigenvalue weighted by Crippen LogP contribution is -2.40. The molecule has 0 saturated carbocycles. The molecule has 1 atom stereocenters. The van der Waals surface area contributed by atoms with E-state index in [1.165, 1.54) is 0 Å².